The second kappa shape index (κ2) is 6.62. The molecule has 3 heteroatoms. The van der Waals surface area contributed by atoms with Gasteiger partial charge in [-0.05, 0) is 74.4 Å². The lowest BCUT2D eigenvalue weighted by atomic mass is 9.89. The van der Waals surface area contributed by atoms with Crippen molar-refractivity contribution in [2.75, 3.05) is 36.4 Å². The molecular weight excluding hydrogens is 318 g/mol. The lowest BCUT2D eigenvalue weighted by molar-refractivity contribution is 0.204. The maximum absolute atomic E-state index is 3.83. The molecule has 3 heterocycles. The minimum absolute atomic E-state index is 0.444. The average Bonchev–Trinajstić information content (AvgIpc) is 3.02. The van der Waals surface area contributed by atoms with E-state index in [0.717, 1.165) is 12.5 Å². The smallest absolute Gasteiger partial charge is 0.112 e. The lowest BCUT2D eigenvalue weighted by Crippen LogP contribution is -2.48. The van der Waals surface area contributed by atoms with Gasteiger partial charge in [0.15, 0.2) is 0 Å². The molecule has 0 aromatic heterocycles. The van der Waals surface area contributed by atoms with Crippen molar-refractivity contribution in [2.45, 2.75) is 44.7 Å². The third kappa shape index (κ3) is 2.88. The molecule has 2 aromatic carbocycles. The van der Waals surface area contributed by atoms with Gasteiger partial charge in [-0.2, -0.15) is 0 Å². The van der Waals surface area contributed by atoms with Gasteiger partial charge < -0.3 is 10.2 Å². The topological polar surface area (TPSA) is 18.5 Å². The molecule has 5 rings (SSSR count). The van der Waals surface area contributed by atoms with Gasteiger partial charge in [0.2, 0.25) is 0 Å². The number of hydrogen-bond donors (Lipinski definition) is 1. The highest BCUT2D eigenvalue weighted by Crippen LogP contribution is 2.42. The van der Waals surface area contributed by atoms with Crippen molar-refractivity contribution in [1.29, 1.82) is 0 Å². The van der Waals surface area contributed by atoms with Crippen molar-refractivity contribution >= 4 is 11.4 Å². The Bertz CT molecular complexity index is 778. The first-order valence-electron chi connectivity index (χ1n) is 10.2. The summed E-state index contributed by atoms with van der Waals surface area (Å²) in [6.07, 6.45) is 5.53. The summed E-state index contributed by atoms with van der Waals surface area (Å²) in [6, 6.07) is 15.8. The van der Waals surface area contributed by atoms with Crippen molar-refractivity contribution in [3.05, 3.63) is 59.2 Å². The van der Waals surface area contributed by atoms with E-state index >= 15 is 0 Å². The van der Waals surface area contributed by atoms with E-state index < -0.39 is 0 Å². The van der Waals surface area contributed by atoms with E-state index in [9.17, 15) is 0 Å². The summed E-state index contributed by atoms with van der Waals surface area (Å²) in [5.41, 5.74) is 7.31. The van der Waals surface area contributed by atoms with Crippen LogP contribution in [0.4, 0.5) is 11.4 Å². The van der Waals surface area contributed by atoms with Gasteiger partial charge in [0.1, 0.15) is 6.17 Å². The van der Waals surface area contributed by atoms with Crippen LogP contribution >= 0.6 is 0 Å². The molecular formula is C23H29N3. The number of anilines is 2. The number of likely N-dealkylation sites (tertiary alicyclic amines) is 1. The molecule has 3 aliphatic rings. The standard InChI is InChI=1S/C23H29N3/c1-17-14-20-8-5-11-26-22(24-21(15-17)23(20)26)16-25-12-9-19(10-13-25)18-6-3-2-4-7-18/h2-4,6-7,14-15,19,22,24H,5,8-13,16H2,1H3. The summed E-state index contributed by atoms with van der Waals surface area (Å²) in [6.45, 7) is 6.98. The van der Waals surface area contributed by atoms with Gasteiger partial charge in [0, 0.05) is 13.1 Å². The van der Waals surface area contributed by atoms with Crippen LogP contribution in [0.3, 0.4) is 0 Å². The van der Waals surface area contributed by atoms with Crippen molar-refractivity contribution < 1.29 is 0 Å². The van der Waals surface area contributed by atoms with Crippen molar-refractivity contribution in [3.63, 3.8) is 0 Å². The molecule has 3 nitrogen and oxygen atoms in total. The Labute approximate surface area is 157 Å². The quantitative estimate of drug-likeness (QED) is 0.889. The zero-order valence-corrected chi connectivity index (χ0v) is 15.7. The fraction of sp³-hybridized carbons (Fsp3) is 0.478. The van der Waals surface area contributed by atoms with Crippen molar-refractivity contribution in [1.82, 2.24) is 4.90 Å². The second-order valence-corrected chi connectivity index (χ2v) is 8.26. The highest BCUT2D eigenvalue weighted by molar-refractivity contribution is 5.81. The Morgan fingerprint density at radius 3 is 2.65 bits per heavy atom. The number of nitrogens with one attached hydrogen (secondary N) is 1. The van der Waals surface area contributed by atoms with E-state index in [2.05, 4.69) is 64.5 Å². The van der Waals surface area contributed by atoms with Gasteiger partial charge in [-0.15, -0.1) is 0 Å². The Hall–Kier alpha value is -2.00. The number of piperidine rings is 1. The van der Waals surface area contributed by atoms with E-state index in [-0.39, 0.29) is 0 Å². The van der Waals surface area contributed by atoms with E-state index in [1.165, 1.54) is 67.8 Å². The third-order valence-electron chi connectivity index (χ3n) is 6.45. The minimum atomic E-state index is 0.444. The summed E-state index contributed by atoms with van der Waals surface area (Å²) in [7, 11) is 0. The molecule has 1 fully saturated rings. The zero-order valence-electron chi connectivity index (χ0n) is 15.7. The molecule has 1 unspecified atom stereocenters. The molecule has 0 bridgehead atoms. The molecule has 0 saturated carbocycles. The molecule has 1 N–H and O–H groups in total. The largest absolute Gasteiger partial charge is 0.362 e. The normalized spacial score (nSPS) is 23.0. The molecule has 26 heavy (non-hydrogen) atoms. The van der Waals surface area contributed by atoms with E-state index in [1.54, 1.807) is 5.56 Å². The summed E-state index contributed by atoms with van der Waals surface area (Å²) in [4.78, 5) is 5.31. The highest BCUT2D eigenvalue weighted by Gasteiger charge is 2.34. The van der Waals surface area contributed by atoms with Crippen LogP contribution in [-0.4, -0.2) is 37.2 Å². The van der Waals surface area contributed by atoms with Crippen LogP contribution in [0.1, 0.15) is 41.9 Å². The highest BCUT2D eigenvalue weighted by atomic mass is 15.4. The SMILES string of the molecule is Cc1cc2c3c(c1)NC(CN1CCC(c4ccccc4)CC1)N3CCC2. The Morgan fingerprint density at radius 2 is 1.85 bits per heavy atom. The number of hydrogen-bond acceptors (Lipinski definition) is 3. The van der Waals surface area contributed by atoms with Crippen LogP contribution in [0.5, 0.6) is 0 Å². The molecule has 3 aliphatic heterocycles. The van der Waals surface area contributed by atoms with Gasteiger partial charge in [0.05, 0.1) is 11.4 Å². The first-order valence-corrected chi connectivity index (χ1v) is 10.2. The van der Waals surface area contributed by atoms with Crippen LogP contribution < -0.4 is 10.2 Å². The fourth-order valence-corrected chi connectivity index (χ4v) is 5.18. The first kappa shape index (κ1) is 16.2. The third-order valence-corrected chi connectivity index (χ3v) is 6.45. The molecule has 0 aliphatic carbocycles. The molecule has 0 radical (unpaired) electrons. The lowest BCUT2D eigenvalue weighted by Gasteiger charge is -2.37. The summed E-state index contributed by atoms with van der Waals surface area (Å²) in [5.74, 6) is 0.741. The Balaban J connectivity index is 1.25. The minimum Gasteiger partial charge on any atom is -0.362 e. The fourth-order valence-electron chi connectivity index (χ4n) is 5.18. The second-order valence-electron chi connectivity index (χ2n) is 8.26. The van der Waals surface area contributed by atoms with Gasteiger partial charge in [0.25, 0.3) is 0 Å². The van der Waals surface area contributed by atoms with E-state index in [0.29, 0.717) is 6.17 Å². The van der Waals surface area contributed by atoms with E-state index in [1.807, 2.05) is 0 Å². The van der Waals surface area contributed by atoms with Crippen LogP contribution in [0.25, 0.3) is 0 Å². The van der Waals surface area contributed by atoms with Gasteiger partial charge in [-0.3, -0.25) is 4.90 Å². The van der Waals surface area contributed by atoms with Crippen LogP contribution in [0.15, 0.2) is 42.5 Å². The summed E-state index contributed by atoms with van der Waals surface area (Å²) >= 11 is 0. The van der Waals surface area contributed by atoms with Crippen molar-refractivity contribution in [2.24, 2.45) is 0 Å². The molecule has 1 saturated heterocycles. The zero-order chi connectivity index (χ0) is 17.5. The van der Waals surface area contributed by atoms with Gasteiger partial charge in [-0.1, -0.05) is 36.4 Å². The maximum atomic E-state index is 3.83. The summed E-state index contributed by atoms with van der Waals surface area (Å²) < 4.78 is 0. The monoisotopic (exact) mass is 347 g/mol. The summed E-state index contributed by atoms with van der Waals surface area (Å²) in [5, 5.41) is 3.83. The van der Waals surface area contributed by atoms with Gasteiger partial charge in [-0.25, -0.2) is 0 Å². The van der Waals surface area contributed by atoms with E-state index in [4.69, 9.17) is 0 Å². The van der Waals surface area contributed by atoms with Crippen molar-refractivity contribution in [3.8, 4) is 0 Å². The number of nitrogens with zero attached hydrogens (tertiary/aromatic N) is 2. The Kier molecular flexibility index (Phi) is 4.12. The predicted molar refractivity (Wildman–Crippen MR) is 109 cm³/mol. The first-order chi connectivity index (χ1) is 12.8. The molecule has 0 spiro atoms. The maximum Gasteiger partial charge on any atom is 0.112 e. The molecule has 2 aromatic rings. The molecule has 1 atom stereocenters. The van der Waals surface area contributed by atoms with Gasteiger partial charge >= 0.3 is 0 Å². The van der Waals surface area contributed by atoms with Crippen LogP contribution in [0.2, 0.25) is 0 Å². The number of benzene rings is 2. The molecule has 136 valence electrons. The predicted octanol–water partition coefficient (Wildman–Crippen LogP) is 4.38. The number of aryl methyl sites for hydroxylation is 2. The van der Waals surface area contributed by atoms with Crippen LogP contribution in [0, 0.1) is 6.92 Å². The Morgan fingerprint density at radius 1 is 1.04 bits per heavy atom. The average molecular weight is 348 g/mol. The van der Waals surface area contributed by atoms with Crippen LogP contribution in [-0.2, 0) is 6.42 Å². The number of rotatable bonds is 3. The molecule has 0 amide bonds.